The van der Waals surface area contributed by atoms with E-state index in [1.807, 2.05) is 0 Å². The van der Waals surface area contributed by atoms with Crippen molar-refractivity contribution in [3.63, 3.8) is 0 Å². The van der Waals surface area contributed by atoms with Crippen LogP contribution in [0.25, 0.3) is 0 Å². The number of hydrogen-bond donors (Lipinski definition) is 0. The maximum atomic E-state index is 12.7. The molecule has 0 aromatic heterocycles. The zero-order valence-corrected chi connectivity index (χ0v) is 15.7. The van der Waals surface area contributed by atoms with E-state index in [2.05, 4.69) is 5.92 Å². The van der Waals surface area contributed by atoms with Crippen LogP contribution in [0.3, 0.4) is 0 Å². The van der Waals surface area contributed by atoms with Gasteiger partial charge >= 0.3 is 5.97 Å². The molecule has 0 saturated carbocycles. The molecule has 1 spiro atoms. The first kappa shape index (κ1) is 18.4. The zero-order chi connectivity index (χ0) is 19.4. The van der Waals surface area contributed by atoms with Crippen molar-refractivity contribution < 1.29 is 33.2 Å². The predicted octanol–water partition coefficient (Wildman–Crippen LogP) is 2.18. The summed E-state index contributed by atoms with van der Waals surface area (Å²) in [6.45, 7) is 7.17. The monoisotopic (exact) mass is 374 g/mol. The minimum Gasteiger partial charge on any atom is -0.450 e. The van der Waals surface area contributed by atoms with Crippen LogP contribution in [0, 0.1) is 12.3 Å². The topological polar surface area (TPSA) is 72.5 Å². The summed E-state index contributed by atoms with van der Waals surface area (Å²) in [6, 6.07) is 6.58. The molecule has 3 heterocycles. The van der Waals surface area contributed by atoms with Gasteiger partial charge in [0.1, 0.15) is 6.61 Å². The Kier molecular flexibility index (Phi) is 4.11. The number of terminal acetylenes is 1. The Morgan fingerprint density at radius 1 is 1.11 bits per heavy atom. The van der Waals surface area contributed by atoms with Crippen molar-refractivity contribution in [2.45, 2.75) is 63.6 Å². The van der Waals surface area contributed by atoms with E-state index in [0.717, 1.165) is 0 Å². The van der Waals surface area contributed by atoms with Crippen LogP contribution in [-0.4, -0.2) is 48.4 Å². The lowest BCUT2D eigenvalue weighted by Gasteiger charge is -2.32. The summed E-state index contributed by atoms with van der Waals surface area (Å²) in [5.41, 5.74) is 1.04. The van der Waals surface area contributed by atoms with Crippen molar-refractivity contribution in [3.05, 3.63) is 35.4 Å². The molecule has 3 aliphatic heterocycles. The molecule has 7 nitrogen and oxygen atoms in total. The van der Waals surface area contributed by atoms with Gasteiger partial charge in [0.15, 0.2) is 30.1 Å². The lowest BCUT2D eigenvalue weighted by molar-refractivity contribution is -0.316. The highest BCUT2D eigenvalue weighted by Gasteiger charge is 2.68. The molecule has 27 heavy (non-hydrogen) atoms. The largest absolute Gasteiger partial charge is 0.450 e. The van der Waals surface area contributed by atoms with Crippen molar-refractivity contribution in [2.75, 3.05) is 6.61 Å². The molecular formula is C20H22O7. The summed E-state index contributed by atoms with van der Waals surface area (Å²) in [6.07, 6.45) is 3.14. The Hall–Kier alpha value is -1.95. The molecule has 3 aliphatic rings. The second-order valence-electron chi connectivity index (χ2n) is 7.74. The third kappa shape index (κ3) is 3.24. The van der Waals surface area contributed by atoms with Crippen LogP contribution in [0.1, 0.15) is 43.6 Å². The maximum Gasteiger partial charge on any atom is 0.338 e. The predicted molar refractivity (Wildman–Crippen MR) is 92.3 cm³/mol. The van der Waals surface area contributed by atoms with Gasteiger partial charge in [-0.2, -0.15) is 0 Å². The molecule has 3 saturated heterocycles. The van der Waals surface area contributed by atoms with Crippen LogP contribution in [0.5, 0.6) is 0 Å². The standard InChI is InChI=1S/C20H22O7/c1-6-12-7-9-13(10-8-12)16(21)23-15-14-17(25-19(4,5)24-14)26-20(15)11-22-18(2,3)27-20/h1,7-10,14-15,17H,11H2,2-5H3/t14?,15-,17?,20?/m1/s1. The summed E-state index contributed by atoms with van der Waals surface area (Å²) >= 11 is 0. The first-order chi connectivity index (χ1) is 12.6. The third-order valence-corrected chi connectivity index (χ3v) is 4.70. The quantitative estimate of drug-likeness (QED) is 0.580. The fraction of sp³-hybridized carbons (Fsp3) is 0.550. The van der Waals surface area contributed by atoms with E-state index in [-0.39, 0.29) is 6.61 Å². The van der Waals surface area contributed by atoms with Crippen LogP contribution in [0.15, 0.2) is 24.3 Å². The number of ether oxygens (including phenoxy) is 6. The van der Waals surface area contributed by atoms with Gasteiger partial charge in [-0.25, -0.2) is 4.79 Å². The van der Waals surface area contributed by atoms with Gasteiger partial charge in [0.25, 0.3) is 0 Å². The maximum absolute atomic E-state index is 12.7. The van der Waals surface area contributed by atoms with E-state index in [0.29, 0.717) is 11.1 Å². The summed E-state index contributed by atoms with van der Waals surface area (Å²) in [7, 11) is 0. The summed E-state index contributed by atoms with van der Waals surface area (Å²) in [5, 5.41) is 0. The van der Waals surface area contributed by atoms with Gasteiger partial charge in [-0.05, 0) is 52.0 Å². The molecule has 3 fully saturated rings. The van der Waals surface area contributed by atoms with E-state index in [1.54, 1.807) is 52.0 Å². The Labute approximate surface area is 157 Å². The fourth-order valence-electron chi connectivity index (χ4n) is 3.56. The van der Waals surface area contributed by atoms with Gasteiger partial charge in [-0.15, -0.1) is 6.42 Å². The SMILES string of the molecule is C#Cc1ccc(C(=O)O[C@@H]2C3OC(C)(C)OC3OC23COC(C)(C)O3)cc1. The molecule has 0 amide bonds. The number of fused-ring (bicyclic) bond motifs is 1. The smallest absolute Gasteiger partial charge is 0.338 e. The average Bonchev–Trinajstić information content (AvgIpc) is 3.16. The van der Waals surface area contributed by atoms with Crippen LogP contribution in [-0.2, 0) is 28.4 Å². The van der Waals surface area contributed by atoms with Crippen molar-refractivity contribution in [3.8, 4) is 12.3 Å². The van der Waals surface area contributed by atoms with E-state index in [9.17, 15) is 4.79 Å². The van der Waals surface area contributed by atoms with E-state index >= 15 is 0 Å². The molecule has 0 aliphatic carbocycles. The average molecular weight is 374 g/mol. The van der Waals surface area contributed by atoms with Gasteiger partial charge < -0.3 is 28.4 Å². The van der Waals surface area contributed by atoms with Crippen molar-refractivity contribution in [2.24, 2.45) is 0 Å². The summed E-state index contributed by atoms with van der Waals surface area (Å²) in [4.78, 5) is 12.7. The van der Waals surface area contributed by atoms with Gasteiger partial charge in [0.05, 0.1) is 5.56 Å². The van der Waals surface area contributed by atoms with Crippen molar-refractivity contribution in [1.82, 2.24) is 0 Å². The Morgan fingerprint density at radius 3 is 2.41 bits per heavy atom. The molecule has 1 aromatic rings. The molecule has 7 heteroatoms. The first-order valence-electron chi connectivity index (χ1n) is 8.78. The van der Waals surface area contributed by atoms with E-state index < -0.39 is 41.8 Å². The Balaban J connectivity index is 1.60. The number of carbonyl (C=O) groups excluding carboxylic acids is 1. The van der Waals surface area contributed by atoms with Gasteiger partial charge in [0.2, 0.25) is 5.79 Å². The number of benzene rings is 1. The minimum atomic E-state index is -1.29. The minimum absolute atomic E-state index is 0.0914. The lowest BCUT2D eigenvalue weighted by atomic mass is 10.1. The Bertz CT molecular complexity index is 792. The number of hydrogen-bond acceptors (Lipinski definition) is 7. The lowest BCUT2D eigenvalue weighted by Crippen LogP contribution is -2.50. The molecule has 0 radical (unpaired) electrons. The number of carbonyl (C=O) groups is 1. The van der Waals surface area contributed by atoms with Crippen molar-refractivity contribution in [1.29, 1.82) is 0 Å². The fourth-order valence-corrected chi connectivity index (χ4v) is 3.56. The second kappa shape index (κ2) is 6.03. The highest BCUT2D eigenvalue weighted by Crippen LogP contribution is 2.48. The highest BCUT2D eigenvalue weighted by molar-refractivity contribution is 5.89. The van der Waals surface area contributed by atoms with Gasteiger partial charge in [-0.3, -0.25) is 0 Å². The Morgan fingerprint density at radius 2 is 1.81 bits per heavy atom. The molecule has 144 valence electrons. The summed E-state index contributed by atoms with van der Waals surface area (Å²) in [5.74, 6) is -1.05. The number of rotatable bonds is 2. The third-order valence-electron chi connectivity index (χ3n) is 4.70. The van der Waals surface area contributed by atoms with Gasteiger partial charge in [-0.1, -0.05) is 5.92 Å². The number of esters is 1. The molecule has 0 bridgehead atoms. The van der Waals surface area contributed by atoms with E-state index in [4.69, 9.17) is 34.8 Å². The summed E-state index contributed by atoms with van der Waals surface area (Å²) < 4.78 is 35.1. The second-order valence-corrected chi connectivity index (χ2v) is 7.74. The molecule has 3 unspecified atom stereocenters. The van der Waals surface area contributed by atoms with Crippen molar-refractivity contribution >= 4 is 5.97 Å². The molecule has 4 rings (SSSR count). The first-order valence-corrected chi connectivity index (χ1v) is 8.78. The molecule has 1 aromatic carbocycles. The normalized spacial score (nSPS) is 35.7. The molecule has 4 atom stereocenters. The van der Waals surface area contributed by atoms with Crippen LogP contribution >= 0.6 is 0 Å². The van der Waals surface area contributed by atoms with Crippen LogP contribution in [0.4, 0.5) is 0 Å². The van der Waals surface area contributed by atoms with Crippen LogP contribution in [0.2, 0.25) is 0 Å². The van der Waals surface area contributed by atoms with E-state index in [1.165, 1.54) is 0 Å². The van der Waals surface area contributed by atoms with Gasteiger partial charge in [0, 0.05) is 5.56 Å². The molecule has 0 N–H and O–H groups in total. The highest BCUT2D eigenvalue weighted by atomic mass is 16.9. The molecular weight excluding hydrogens is 352 g/mol. The van der Waals surface area contributed by atoms with Crippen LogP contribution < -0.4 is 0 Å². The zero-order valence-electron chi connectivity index (χ0n) is 15.7.